The van der Waals surface area contributed by atoms with Crippen molar-refractivity contribution in [1.82, 2.24) is 15.0 Å². The summed E-state index contributed by atoms with van der Waals surface area (Å²) in [6.07, 6.45) is 12.6. The molecule has 0 aliphatic carbocycles. The van der Waals surface area contributed by atoms with Gasteiger partial charge in [-0.05, 0) is 48.7 Å². The van der Waals surface area contributed by atoms with Crippen molar-refractivity contribution in [2.75, 3.05) is 0 Å². The normalized spacial score (nSPS) is 12.6. The van der Waals surface area contributed by atoms with E-state index in [4.69, 9.17) is 0 Å². The van der Waals surface area contributed by atoms with Gasteiger partial charge < -0.3 is 0 Å². The van der Waals surface area contributed by atoms with E-state index in [2.05, 4.69) is 16.8 Å². The molecule has 0 unspecified atom stereocenters. The highest BCUT2D eigenvalue weighted by atomic mass is 32.2. The molecule has 204 valence electrons. The van der Waals surface area contributed by atoms with Crippen molar-refractivity contribution in [2.45, 2.75) is 29.6 Å². The largest absolute Gasteiger partial charge is 0.295 e. The molecule has 0 atom stereocenters. The summed E-state index contributed by atoms with van der Waals surface area (Å²) in [5.41, 5.74) is 0.604. The van der Waals surface area contributed by atoms with Crippen molar-refractivity contribution < 1.29 is 30.9 Å². The first-order chi connectivity index (χ1) is 18.3. The van der Waals surface area contributed by atoms with Crippen LogP contribution in [0, 0.1) is 10.1 Å². The van der Waals surface area contributed by atoms with Crippen molar-refractivity contribution in [3.05, 3.63) is 99.9 Å². The van der Waals surface area contributed by atoms with E-state index in [-0.39, 0.29) is 16.8 Å². The summed E-state index contributed by atoms with van der Waals surface area (Å²) in [7, 11) is -9.63. The topological polar surface area (TPSA) is 183 Å². The van der Waals surface area contributed by atoms with E-state index >= 15 is 0 Å². The summed E-state index contributed by atoms with van der Waals surface area (Å²) in [5, 5.41) is 19.8. The minimum Gasteiger partial charge on any atom is -0.282 e. The smallest absolute Gasteiger partial charge is 0.282 e. The fourth-order valence-electron chi connectivity index (χ4n) is 3.45. The number of benzene rings is 2. The Morgan fingerprint density at radius 1 is 0.949 bits per heavy atom. The molecule has 3 rings (SSSR count). The minimum absolute atomic E-state index is 0.0363. The van der Waals surface area contributed by atoms with Gasteiger partial charge in [-0.3, -0.25) is 19.2 Å². The Hall–Kier alpha value is -4.24. The van der Waals surface area contributed by atoms with E-state index in [9.17, 15) is 36.1 Å². The molecule has 3 aromatic rings. The molecule has 0 radical (unpaired) electrons. The predicted molar refractivity (Wildman–Crippen MR) is 145 cm³/mol. The lowest BCUT2D eigenvalue weighted by Gasteiger charge is -2.07. The van der Waals surface area contributed by atoms with Crippen LogP contribution in [0.4, 0.5) is 5.69 Å². The maximum Gasteiger partial charge on any atom is 0.295 e. The summed E-state index contributed by atoms with van der Waals surface area (Å²) in [6.45, 7) is 5.61. The van der Waals surface area contributed by atoms with E-state index in [0.717, 1.165) is 24.3 Å². The molecule has 39 heavy (non-hydrogen) atoms. The Balaban J connectivity index is 2.08. The van der Waals surface area contributed by atoms with Gasteiger partial charge in [-0.25, -0.2) is 0 Å². The van der Waals surface area contributed by atoms with Crippen LogP contribution in [0.25, 0.3) is 23.9 Å². The van der Waals surface area contributed by atoms with Crippen LogP contribution in [0.1, 0.15) is 35.9 Å². The standard InChI is InChI=1S/C25H24N4O8S2/c1-3-5-6-7-9-23-22(8-4-2)26-28(27-23)20-14-12-18(24(16-20)38(32,33)34)10-11-19-13-15-21(29(30)31)17-25(19)39(35,36)37/h3-5,7,9-17H,2,6,8H2,1H3,(H,32,33,34)(H,35,36,37)/b5-3-,9-7-,11-10+. The molecule has 0 aliphatic heterocycles. The molecule has 0 fully saturated rings. The number of aromatic nitrogens is 3. The van der Waals surface area contributed by atoms with Gasteiger partial charge in [0.25, 0.3) is 25.9 Å². The average Bonchev–Trinajstić information content (AvgIpc) is 3.26. The van der Waals surface area contributed by atoms with E-state index < -0.39 is 40.6 Å². The second-order valence-corrected chi connectivity index (χ2v) is 10.8. The monoisotopic (exact) mass is 572 g/mol. The van der Waals surface area contributed by atoms with Gasteiger partial charge in [0.15, 0.2) is 0 Å². The number of nitro benzene ring substituents is 1. The van der Waals surface area contributed by atoms with Crippen molar-refractivity contribution in [3.8, 4) is 5.69 Å². The third-order valence-corrected chi connectivity index (χ3v) is 7.09. The first-order valence-electron chi connectivity index (χ1n) is 11.3. The lowest BCUT2D eigenvalue weighted by molar-refractivity contribution is -0.385. The van der Waals surface area contributed by atoms with Crippen LogP contribution in [-0.4, -0.2) is 45.9 Å². The van der Waals surface area contributed by atoms with Crippen LogP contribution in [-0.2, 0) is 26.7 Å². The fraction of sp³-hybridized carbons (Fsp3) is 0.120. The zero-order valence-electron chi connectivity index (χ0n) is 20.6. The summed E-state index contributed by atoms with van der Waals surface area (Å²) < 4.78 is 67.3. The zero-order chi connectivity index (χ0) is 28.8. The van der Waals surface area contributed by atoms with Gasteiger partial charge in [0.1, 0.15) is 15.5 Å². The molecular weight excluding hydrogens is 548 g/mol. The summed E-state index contributed by atoms with van der Waals surface area (Å²) in [4.78, 5) is 10.1. The molecule has 1 heterocycles. The Bertz CT molecular complexity index is 1720. The van der Waals surface area contributed by atoms with Crippen LogP contribution in [0.3, 0.4) is 0 Å². The molecule has 0 amide bonds. The first-order valence-corrected chi connectivity index (χ1v) is 14.1. The molecular formula is C25H24N4O8S2. The highest BCUT2D eigenvalue weighted by Gasteiger charge is 2.20. The number of hydrogen-bond acceptors (Lipinski definition) is 8. The van der Waals surface area contributed by atoms with Gasteiger partial charge in [-0.15, -0.1) is 11.7 Å². The number of nitro groups is 1. The average molecular weight is 573 g/mol. The predicted octanol–water partition coefficient (Wildman–Crippen LogP) is 4.55. The van der Waals surface area contributed by atoms with Crippen LogP contribution in [0.5, 0.6) is 0 Å². The SMILES string of the molecule is C=CCc1nn(-c2ccc(/C=C/c3ccc([N+](=O)[O-])cc3S(=O)(=O)O)c(S(=O)(=O)O)c2)nc1/C=C\C/C=C\C. The number of nitrogens with zero attached hydrogens (tertiary/aromatic N) is 4. The molecule has 1 aromatic heterocycles. The molecule has 0 spiro atoms. The van der Waals surface area contributed by atoms with Crippen LogP contribution < -0.4 is 0 Å². The molecule has 12 nitrogen and oxygen atoms in total. The van der Waals surface area contributed by atoms with Crippen molar-refractivity contribution in [2.24, 2.45) is 0 Å². The molecule has 2 aromatic carbocycles. The summed E-state index contributed by atoms with van der Waals surface area (Å²) in [6, 6.07) is 6.75. The Labute approximate surface area is 225 Å². The van der Waals surface area contributed by atoms with Gasteiger partial charge >= 0.3 is 0 Å². The molecule has 0 saturated heterocycles. The Kier molecular flexibility index (Phi) is 9.08. The number of hydrogen-bond donors (Lipinski definition) is 2. The minimum atomic E-state index is -4.85. The Morgan fingerprint density at radius 2 is 1.56 bits per heavy atom. The van der Waals surface area contributed by atoms with Crippen LogP contribution in [0.15, 0.2) is 77.1 Å². The van der Waals surface area contributed by atoms with E-state index in [1.165, 1.54) is 23.0 Å². The molecule has 2 N–H and O–H groups in total. The van der Waals surface area contributed by atoms with E-state index in [1.807, 2.05) is 25.2 Å². The zero-order valence-corrected chi connectivity index (χ0v) is 22.2. The lowest BCUT2D eigenvalue weighted by Crippen LogP contribution is -2.05. The number of rotatable bonds is 11. The molecule has 14 heteroatoms. The van der Waals surface area contributed by atoms with E-state index in [1.54, 1.807) is 12.2 Å². The van der Waals surface area contributed by atoms with Crippen molar-refractivity contribution >= 4 is 44.2 Å². The summed E-state index contributed by atoms with van der Waals surface area (Å²) in [5.74, 6) is 0. The van der Waals surface area contributed by atoms with Gasteiger partial charge in [-0.2, -0.15) is 26.7 Å². The highest BCUT2D eigenvalue weighted by Crippen LogP contribution is 2.26. The van der Waals surface area contributed by atoms with Gasteiger partial charge in [0.2, 0.25) is 0 Å². The number of allylic oxidation sites excluding steroid dienone is 4. The van der Waals surface area contributed by atoms with Crippen LogP contribution >= 0.6 is 0 Å². The highest BCUT2D eigenvalue weighted by molar-refractivity contribution is 7.86. The maximum absolute atomic E-state index is 12.2. The quantitative estimate of drug-likeness (QED) is 0.109. The molecule has 0 saturated carbocycles. The van der Waals surface area contributed by atoms with Gasteiger partial charge in [0.05, 0.1) is 16.3 Å². The van der Waals surface area contributed by atoms with Crippen LogP contribution in [0.2, 0.25) is 0 Å². The molecule has 0 aliphatic rings. The summed E-state index contributed by atoms with van der Waals surface area (Å²) >= 11 is 0. The lowest BCUT2D eigenvalue weighted by atomic mass is 10.1. The van der Waals surface area contributed by atoms with Crippen molar-refractivity contribution in [1.29, 1.82) is 0 Å². The third-order valence-electron chi connectivity index (χ3n) is 5.27. The van der Waals surface area contributed by atoms with E-state index in [0.29, 0.717) is 30.3 Å². The first kappa shape index (κ1) is 29.3. The fourth-order valence-corrected chi connectivity index (χ4v) is 4.86. The van der Waals surface area contributed by atoms with Gasteiger partial charge in [-0.1, -0.05) is 42.5 Å². The second kappa shape index (κ2) is 12.1. The van der Waals surface area contributed by atoms with Crippen molar-refractivity contribution in [3.63, 3.8) is 0 Å². The second-order valence-electron chi connectivity index (χ2n) is 8.01. The third kappa shape index (κ3) is 7.42. The number of non-ortho nitro benzene ring substituents is 1. The van der Waals surface area contributed by atoms with Gasteiger partial charge in [0, 0.05) is 18.6 Å². The maximum atomic E-state index is 12.2. The Morgan fingerprint density at radius 3 is 2.13 bits per heavy atom. The molecule has 0 bridgehead atoms.